The largest absolute Gasteiger partial charge is 0.471 e. The fourth-order valence-electron chi connectivity index (χ4n) is 3.50. The summed E-state index contributed by atoms with van der Waals surface area (Å²) in [6.07, 6.45) is 3.03. The first-order valence-electron chi connectivity index (χ1n) is 9.15. The van der Waals surface area contributed by atoms with Crippen LogP contribution in [-0.2, 0) is 14.8 Å². The van der Waals surface area contributed by atoms with E-state index in [-0.39, 0.29) is 17.9 Å². The van der Waals surface area contributed by atoms with Crippen LogP contribution in [0.3, 0.4) is 0 Å². The summed E-state index contributed by atoms with van der Waals surface area (Å²) in [4.78, 5) is 16.4. The van der Waals surface area contributed by atoms with E-state index in [2.05, 4.69) is 10.2 Å². The number of hydrogen-bond donors (Lipinski definition) is 0. The van der Waals surface area contributed by atoms with Crippen LogP contribution in [0.2, 0.25) is 0 Å². The number of sulfonamides is 1. The minimum absolute atomic E-state index is 0.0930. The molecule has 1 aromatic heterocycles. The van der Waals surface area contributed by atoms with E-state index in [4.69, 9.17) is 4.74 Å². The molecule has 27 heavy (non-hydrogen) atoms. The summed E-state index contributed by atoms with van der Waals surface area (Å²) < 4.78 is 30.5. The minimum atomic E-state index is -3.17. The number of piperidine rings is 1. The zero-order chi connectivity index (χ0) is 19.6. The van der Waals surface area contributed by atoms with E-state index in [9.17, 15) is 13.2 Å². The third kappa shape index (κ3) is 4.86. The third-order valence-electron chi connectivity index (χ3n) is 5.10. The molecule has 1 aromatic rings. The number of anilines is 1. The van der Waals surface area contributed by atoms with Gasteiger partial charge >= 0.3 is 0 Å². The van der Waals surface area contributed by atoms with Crippen LogP contribution >= 0.6 is 0 Å². The van der Waals surface area contributed by atoms with E-state index in [1.54, 1.807) is 6.07 Å². The predicted molar refractivity (Wildman–Crippen MR) is 101 cm³/mol. The fraction of sp³-hybridized carbons (Fsp3) is 0.706. The first-order valence-corrected chi connectivity index (χ1v) is 11.0. The number of carbonyl (C=O) groups excluding carboxylic acids is 1. The fourth-order valence-corrected chi connectivity index (χ4v) is 4.38. The molecule has 3 rings (SSSR count). The van der Waals surface area contributed by atoms with Gasteiger partial charge in [-0.2, -0.15) is 0 Å². The van der Waals surface area contributed by atoms with Gasteiger partial charge in [-0.25, -0.2) is 12.7 Å². The number of amides is 1. The van der Waals surface area contributed by atoms with E-state index in [0.717, 1.165) is 12.2 Å². The molecular weight excluding hydrogens is 370 g/mol. The van der Waals surface area contributed by atoms with Crippen LogP contribution in [0.4, 0.5) is 5.82 Å². The summed E-state index contributed by atoms with van der Waals surface area (Å²) >= 11 is 0. The second kappa shape index (κ2) is 7.97. The van der Waals surface area contributed by atoms with Gasteiger partial charge in [0.2, 0.25) is 21.8 Å². The van der Waals surface area contributed by atoms with Crippen molar-refractivity contribution >= 4 is 21.7 Å². The maximum absolute atomic E-state index is 12.7. The number of aromatic nitrogens is 2. The number of nitrogens with zero attached hydrogens (tertiary/aromatic N) is 5. The van der Waals surface area contributed by atoms with Crippen molar-refractivity contribution in [3.05, 3.63) is 12.1 Å². The maximum Gasteiger partial charge on any atom is 0.233 e. The second-order valence-corrected chi connectivity index (χ2v) is 9.36. The Hall–Kier alpha value is -1.94. The van der Waals surface area contributed by atoms with Gasteiger partial charge in [0.1, 0.15) is 6.10 Å². The molecule has 0 N–H and O–H groups in total. The van der Waals surface area contributed by atoms with Crippen molar-refractivity contribution in [1.29, 1.82) is 0 Å². The van der Waals surface area contributed by atoms with E-state index in [1.807, 2.05) is 30.0 Å². The van der Waals surface area contributed by atoms with Crippen LogP contribution in [0.1, 0.15) is 19.3 Å². The highest BCUT2D eigenvalue weighted by atomic mass is 32.2. The zero-order valence-corrected chi connectivity index (χ0v) is 16.9. The molecule has 2 fully saturated rings. The molecule has 0 aliphatic carbocycles. The van der Waals surface area contributed by atoms with Crippen molar-refractivity contribution in [1.82, 2.24) is 19.4 Å². The summed E-state index contributed by atoms with van der Waals surface area (Å²) in [6.45, 7) is 2.01. The second-order valence-electron chi connectivity index (χ2n) is 7.37. The van der Waals surface area contributed by atoms with Crippen molar-refractivity contribution in [2.45, 2.75) is 25.4 Å². The van der Waals surface area contributed by atoms with Gasteiger partial charge in [-0.05, 0) is 18.9 Å². The van der Waals surface area contributed by atoms with Crippen molar-refractivity contribution in [3.8, 4) is 5.88 Å². The molecule has 0 saturated carbocycles. The Morgan fingerprint density at radius 2 is 1.85 bits per heavy atom. The first-order chi connectivity index (χ1) is 12.7. The number of carbonyl (C=O) groups is 1. The standard InChI is InChI=1S/C17H27N5O4S/c1-20(2)15-4-5-16(19-18-15)26-14-8-9-21(12-14)17(23)13-6-10-22(11-7-13)27(3,24)25/h4-5,13-14H,6-12H2,1-3H3. The topological polar surface area (TPSA) is 95.9 Å². The van der Waals surface area contributed by atoms with Gasteiger partial charge in [0.15, 0.2) is 5.82 Å². The van der Waals surface area contributed by atoms with E-state index < -0.39 is 10.0 Å². The Bertz CT molecular complexity index is 760. The lowest BCUT2D eigenvalue weighted by molar-refractivity contribution is -0.135. The van der Waals surface area contributed by atoms with E-state index in [0.29, 0.717) is 44.9 Å². The van der Waals surface area contributed by atoms with E-state index in [1.165, 1.54) is 10.6 Å². The lowest BCUT2D eigenvalue weighted by Gasteiger charge is -2.31. The summed E-state index contributed by atoms with van der Waals surface area (Å²) in [5, 5.41) is 8.17. The van der Waals surface area contributed by atoms with Crippen molar-refractivity contribution in [3.63, 3.8) is 0 Å². The van der Waals surface area contributed by atoms with Gasteiger partial charge in [-0.1, -0.05) is 0 Å². The quantitative estimate of drug-likeness (QED) is 0.700. The Kier molecular flexibility index (Phi) is 5.85. The highest BCUT2D eigenvalue weighted by Gasteiger charge is 2.35. The average Bonchev–Trinajstić information content (AvgIpc) is 3.09. The van der Waals surface area contributed by atoms with Gasteiger partial charge in [-0.15, -0.1) is 10.2 Å². The van der Waals surface area contributed by atoms with Crippen LogP contribution in [0.5, 0.6) is 5.88 Å². The Morgan fingerprint density at radius 3 is 2.41 bits per heavy atom. The lowest BCUT2D eigenvalue weighted by atomic mass is 9.97. The molecule has 0 spiro atoms. The maximum atomic E-state index is 12.7. The highest BCUT2D eigenvalue weighted by molar-refractivity contribution is 7.88. The van der Waals surface area contributed by atoms with Gasteiger partial charge in [0.25, 0.3) is 0 Å². The van der Waals surface area contributed by atoms with Crippen LogP contribution in [0.15, 0.2) is 12.1 Å². The Labute approximate surface area is 160 Å². The third-order valence-corrected chi connectivity index (χ3v) is 6.40. The Balaban J connectivity index is 1.50. The van der Waals surface area contributed by atoms with Gasteiger partial charge in [0.05, 0.1) is 12.8 Å². The van der Waals surface area contributed by atoms with Crippen molar-refractivity contribution in [2.24, 2.45) is 5.92 Å². The predicted octanol–water partition coefficient (Wildman–Crippen LogP) is 0.194. The van der Waals surface area contributed by atoms with Gasteiger partial charge in [0, 0.05) is 52.1 Å². The van der Waals surface area contributed by atoms with Crippen LogP contribution in [-0.4, -0.2) is 86.4 Å². The molecule has 1 unspecified atom stereocenters. The smallest absolute Gasteiger partial charge is 0.233 e. The summed E-state index contributed by atoms with van der Waals surface area (Å²) in [7, 11) is 0.615. The number of hydrogen-bond acceptors (Lipinski definition) is 7. The SMILES string of the molecule is CN(C)c1ccc(OC2CCN(C(=O)C3CCN(S(C)(=O)=O)CC3)C2)nn1. The molecule has 2 aliphatic heterocycles. The molecule has 3 heterocycles. The average molecular weight is 398 g/mol. The van der Waals surface area contributed by atoms with Gasteiger partial charge < -0.3 is 14.5 Å². The van der Waals surface area contributed by atoms with Crippen molar-refractivity contribution in [2.75, 3.05) is 51.4 Å². The molecule has 0 aromatic carbocycles. The summed E-state index contributed by atoms with van der Waals surface area (Å²) in [6, 6.07) is 3.63. The molecule has 2 saturated heterocycles. The highest BCUT2D eigenvalue weighted by Crippen LogP contribution is 2.24. The normalized spacial score (nSPS) is 22.0. The summed E-state index contributed by atoms with van der Waals surface area (Å²) in [5.74, 6) is 1.21. The Morgan fingerprint density at radius 1 is 1.15 bits per heavy atom. The van der Waals surface area contributed by atoms with Crippen LogP contribution in [0.25, 0.3) is 0 Å². The van der Waals surface area contributed by atoms with E-state index >= 15 is 0 Å². The molecule has 2 aliphatic rings. The molecule has 0 radical (unpaired) electrons. The monoisotopic (exact) mass is 397 g/mol. The molecule has 1 atom stereocenters. The van der Waals surface area contributed by atoms with Gasteiger partial charge in [-0.3, -0.25) is 4.79 Å². The molecule has 150 valence electrons. The molecule has 0 bridgehead atoms. The molecule has 1 amide bonds. The number of rotatable bonds is 5. The summed E-state index contributed by atoms with van der Waals surface area (Å²) in [5.41, 5.74) is 0. The minimum Gasteiger partial charge on any atom is -0.471 e. The van der Waals surface area contributed by atoms with Crippen molar-refractivity contribution < 1.29 is 17.9 Å². The van der Waals surface area contributed by atoms with Crippen LogP contribution < -0.4 is 9.64 Å². The molecular formula is C17H27N5O4S. The number of likely N-dealkylation sites (tertiary alicyclic amines) is 1. The number of ether oxygens (including phenoxy) is 1. The molecule has 9 nitrogen and oxygen atoms in total. The zero-order valence-electron chi connectivity index (χ0n) is 16.0. The van der Waals surface area contributed by atoms with Crippen LogP contribution in [0, 0.1) is 5.92 Å². The first kappa shape index (κ1) is 19.8. The molecule has 10 heteroatoms. The lowest BCUT2D eigenvalue weighted by Crippen LogP contribution is -2.43.